The maximum Gasteiger partial charge on any atom is 0.257 e. The number of nitrogens with zero attached hydrogens (tertiary/aromatic N) is 3. The van der Waals surface area contributed by atoms with Crippen molar-refractivity contribution in [2.75, 3.05) is 5.32 Å². The van der Waals surface area contributed by atoms with Crippen LogP contribution in [0.4, 0.5) is 5.69 Å². The zero-order chi connectivity index (χ0) is 18.5. The van der Waals surface area contributed by atoms with E-state index in [9.17, 15) is 4.79 Å². The summed E-state index contributed by atoms with van der Waals surface area (Å²) in [7, 11) is 0. The number of nitrogens with one attached hydrogen (secondary N) is 1. The third-order valence-corrected chi connectivity index (χ3v) is 4.17. The Balaban J connectivity index is 1.72. The molecule has 0 aliphatic rings. The Labute approximate surface area is 153 Å². The number of carbonyl (C=O) groups excluding carboxylic acids is 1. The molecule has 1 aromatic carbocycles. The predicted molar refractivity (Wildman–Crippen MR) is 102 cm³/mol. The maximum atomic E-state index is 12.4. The summed E-state index contributed by atoms with van der Waals surface area (Å²) in [5.41, 5.74) is 5.32. The highest BCUT2D eigenvalue weighted by molar-refractivity contribution is 6.04. The van der Waals surface area contributed by atoms with Crippen LogP contribution in [0.25, 0.3) is 0 Å². The molecule has 0 fully saturated rings. The molecule has 5 nitrogen and oxygen atoms in total. The molecule has 0 unspecified atom stereocenters. The molecule has 1 amide bonds. The Kier molecular flexibility index (Phi) is 5.37. The van der Waals surface area contributed by atoms with E-state index in [2.05, 4.69) is 33.3 Å². The molecular formula is C21H22N4O. The Morgan fingerprint density at radius 3 is 2.65 bits per heavy atom. The van der Waals surface area contributed by atoms with E-state index >= 15 is 0 Å². The molecule has 0 spiro atoms. The first kappa shape index (κ1) is 17.7. The smallest absolute Gasteiger partial charge is 0.257 e. The van der Waals surface area contributed by atoms with E-state index in [0.29, 0.717) is 5.56 Å². The van der Waals surface area contributed by atoms with Gasteiger partial charge in [-0.1, -0.05) is 19.1 Å². The number of hydrogen-bond donors (Lipinski definition) is 1. The number of aromatic nitrogens is 3. The molecule has 1 atom stereocenters. The molecule has 132 valence electrons. The third-order valence-electron chi connectivity index (χ3n) is 4.17. The summed E-state index contributed by atoms with van der Waals surface area (Å²) in [5.74, 6) is 0.110. The van der Waals surface area contributed by atoms with Crippen LogP contribution in [0, 0.1) is 13.8 Å². The van der Waals surface area contributed by atoms with Crippen molar-refractivity contribution in [2.24, 2.45) is 0 Å². The van der Waals surface area contributed by atoms with Gasteiger partial charge >= 0.3 is 0 Å². The van der Waals surface area contributed by atoms with Crippen LogP contribution in [-0.4, -0.2) is 20.9 Å². The van der Waals surface area contributed by atoms with Gasteiger partial charge in [0.2, 0.25) is 0 Å². The van der Waals surface area contributed by atoms with Crippen LogP contribution in [0.2, 0.25) is 0 Å². The topological polar surface area (TPSA) is 67.8 Å². The number of aryl methyl sites for hydroxylation is 2. The number of carbonyl (C=O) groups is 1. The fraction of sp³-hybridized carbons (Fsp3) is 0.238. The normalized spacial score (nSPS) is 11.8. The number of anilines is 1. The van der Waals surface area contributed by atoms with Gasteiger partial charge in [0.05, 0.1) is 17.0 Å². The Morgan fingerprint density at radius 2 is 1.88 bits per heavy atom. The van der Waals surface area contributed by atoms with Gasteiger partial charge in [-0.05, 0) is 55.5 Å². The Morgan fingerprint density at radius 1 is 1.08 bits per heavy atom. The number of amides is 1. The lowest BCUT2D eigenvalue weighted by Gasteiger charge is -2.13. The van der Waals surface area contributed by atoms with E-state index in [1.807, 2.05) is 38.1 Å². The molecule has 5 heteroatoms. The zero-order valence-corrected chi connectivity index (χ0v) is 15.2. The van der Waals surface area contributed by atoms with Crippen molar-refractivity contribution in [2.45, 2.75) is 33.1 Å². The van der Waals surface area contributed by atoms with Crippen LogP contribution in [0.1, 0.15) is 45.7 Å². The fourth-order valence-electron chi connectivity index (χ4n) is 2.85. The van der Waals surface area contributed by atoms with Crippen molar-refractivity contribution in [3.63, 3.8) is 0 Å². The van der Waals surface area contributed by atoms with E-state index < -0.39 is 0 Å². The van der Waals surface area contributed by atoms with Crippen LogP contribution < -0.4 is 5.32 Å². The van der Waals surface area contributed by atoms with E-state index in [4.69, 9.17) is 0 Å². The average molecular weight is 346 g/mol. The van der Waals surface area contributed by atoms with E-state index in [1.165, 1.54) is 0 Å². The van der Waals surface area contributed by atoms with E-state index in [1.54, 1.807) is 24.8 Å². The second-order valence-electron chi connectivity index (χ2n) is 6.59. The minimum absolute atomic E-state index is 0.157. The predicted octanol–water partition coefficient (Wildman–Crippen LogP) is 4.09. The molecule has 3 rings (SSSR count). The van der Waals surface area contributed by atoms with Gasteiger partial charge in [-0.3, -0.25) is 19.7 Å². The van der Waals surface area contributed by atoms with Crippen molar-refractivity contribution in [1.82, 2.24) is 15.0 Å². The lowest BCUT2D eigenvalue weighted by Crippen LogP contribution is -2.12. The lowest BCUT2D eigenvalue weighted by atomic mass is 9.96. The van der Waals surface area contributed by atoms with E-state index in [-0.39, 0.29) is 11.8 Å². The summed E-state index contributed by atoms with van der Waals surface area (Å²) in [6.07, 6.45) is 7.66. The Bertz CT molecular complexity index is 923. The largest absolute Gasteiger partial charge is 0.322 e. The second kappa shape index (κ2) is 7.87. The number of rotatable bonds is 5. The standard InChI is InChI=1S/C21H22N4O/c1-14-7-18(12-22-10-14)21(26)25-19-6-4-5-17(9-19)15(2)8-20-13-23-11-16(3)24-20/h4-7,9-13,15H,8H2,1-3H3,(H,25,26)/t15-/m1/s1. The molecule has 2 aromatic heterocycles. The summed E-state index contributed by atoms with van der Waals surface area (Å²) in [6, 6.07) is 9.75. The molecule has 0 saturated heterocycles. The summed E-state index contributed by atoms with van der Waals surface area (Å²) in [4.78, 5) is 25.2. The van der Waals surface area contributed by atoms with Crippen LogP contribution >= 0.6 is 0 Å². The monoisotopic (exact) mass is 346 g/mol. The summed E-state index contributed by atoms with van der Waals surface area (Å²) in [6.45, 7) is 6.01. The molecular weight excluding hydrogens is 324 g/mol. The molecule has 3 aromatic rings. The highest BCUT2D eigenvalue weighted by Crippen LogP contribution is 2.23. The van der Waals surface area contributed by atoms with Gasteiger partial charge < -0.3 is 5.32 Å². The van der Waals surface area contributed by atoms with Gasteiger partial charge in [0.25, 0.3) is 5.91 Å². The molecule has 0 aliphatic carbocycles. The van der Waals surface area contributed by atoms with Crippen molar-refractivity contribution in [1.29, 1.82) is 0 Å². The highest BCUT2D eigenvalue weighted by atomic mass is 16.1. The molecule has 0 saturated carbocycles. The minimum Gasteiger partial charge on any atom is -0.322 e. The van der Waals surface area contributed by atoms with Crippen molar-refractivity contribution in [3.05, 3.63) is 83.2 Å². The molecule has 0 aliphatic heterocycles. The van der Waals surface area contributed by atoms with Gasteiger partial charge in [-0.25, -0.2) is 0 Å². The van der Waals surface area contributed by atoms with Crippen molar-refractivity contribution < 1.29 is 4.79 Å². The van der Waals surface area contributed by atoms with Crippen molar-refractivity contribution in [3.8, 4) is 0 Å². The first-order valence-electron chi connectivity index (χ1n) is 8.62. The van der Waals surface area contributed by atoms with Gasteiger partial charge in [0, 0.05) is 30.5 Å². The molecule has 2 heterocycles. The number of hydrogen-bond acceptors (Lipinski definition) is 4. The fourth-order valence-corrected chi connectivity index (χ4v) is 2.85. The van der Waals surface area contributed by atoms with Crippen LogP contribution in [0.3, 0.4) is 0 Å². The average Bonchev–Trinajstić information content (AvgIpc) is 2.62. The van der Waals surface area contributed by atoms with Gasteiger partial charge in [0.1, 0.15) is 0 Å². The van der Waals surface area contributed by atoms with Crippen molar-refractivity contribution >= 4 is 11.6 Å². The van der Waals surface area contributed by atoms with Gasteiger partial charge in [0.15, 0.2) is 0 Å². The van der Waals surface area contributed by atoms with Gasteiger partial charge in [-0.2, -0.15) is 0 Å². The quantitative estimate of drug-likeness (QED) is 0.755. The molecule has 0 bridgehead atoms. The van der Waals surface area contributed by atoms with Crippen LogP contribution in [0.5, 0.6) is 0 Å². The zero-order valence-electron chi connectivity index (χ0n) is 15.2. The van der Waals surface area contributed by atoms with Gasteiger partial charge in [-0.15, -0.1) is 0 Å². The SMILES string of the molecule is Cc1cncc(C(=O)Nc2cccc([C@H](C)Cc3cncc(C)n3)c2)c1. The molecule has 26 heavy (non-hydrogen) atoms. The first-order valence-corrected chi connectivity index (χ1v) is 8.62. The maximum absolute atomic E-state index is 12.4. The first-order chi connectivity index (χ1) is 12.5. The molecule has 1 N–H and O–H groups in total. The number of benzene rings is 1. The Hall–Kier alpha value is -3.08. The highest BCUT2D eigenvalue weighted by Gasteiger charge is 2.11. The summed E-state index contributed by atoms with van der Waals surface area (Å²) in [5, 5.41) is 2.95. The van der Waals surface area contributed by atoms with E-state index in [0.717, 1.165) is 34.6 Å². The minimum atomic E-state index is -0.157. The summed E-state index contributed by atoms with van der Waals surface area (Å²) >= 11 is 0. The summed E-state index contributed by atoms with van der Waals surface area (Å²) < 4.78 is 0. The number of pyridine rings is 1. The lowest BCUT2D eigenvalue weighted by molar-refractivity contribution is 0.102. The van der Waals surface area contributed by atoms with Crippen LogP contribution in [-0.2, 0) is 6.42 Å². The molecule has 0 radical (unpaired) electrons. The third kappa shape index (κ3) is 4.51. The van der Waals surface area contributed by atoms with Crippen LogP contribution in [0.15, 0.2) is 55.1 Å². The second-order valence-corrected chi connectivity index (χ2v) is 6.59.